The number of aromatic nitrogens is 5. The molecule has 73 heavy (non-hydrogen) atoms. The van der Waals surface area contributed by atoms with Gasteiger partial charge in [-0.3, -0.25) is 14.6 Å². The van der Waals surface area contributed by atoms with Gasteiger partial charge in [0.1, 0.15) is 30.0 Å². The van der Waals surface area contributed by atoms with Crippen molar-refractivity contribution in [1.82, 2.24) is 39.4 Å². The largest absolute Gasteiger partial charge is 0.508 e. The number of halogens is 1. The lowest BCUT2D eigenvalue weighted by molar-refractivity contribution is -0.172. The zero-order valence-electron chi connectivity index (χ0n) is 40.9. The predicted molar refractivity (Wildman–Crippen MR) is 267 cm³/mol. The Hall–Kier alpha value is -7.67. The maximum absolute atomic E-state index is 15.4. The highest BCUT2D eigenvalue weighted by molar-refractivity contribution is 5.93. The van der Waals surface area contributed by atoms with Gasteiger partial charge >= 0.3 is 17.8 Å². The number of nitrogens with zero attached hydrogens (tertiary/aromatic N) is 6. The topological polar surface area (TPSA) is 217 Å². The van der Waals surface area contributed by atoms with Crippen LogP contribution in [0.15, 0.2) is 82.4 Å². The van der Waals surface area contributed by atoms with Crippen LogP contribution in [0.1, 0.15) is 94.3 Å². The van der Waals surface area contributed by atoms with E-state index in [2.05, 4.69) is 49.6 Å². The van der Waals surface area contributed by atoms with Gasteiger partial charge < -0.3 is 34.7 Å². The Labute approximate surface area is 418 Å². The molecule has 4 aromatic carbocycles. The van der Waals surface area contributed by atoms with Crippen molar-refractivity contribution in [2.24, 2.45) is 0 Å². The van der Waals surface area contributed by atoms with Crippen molar-refractivity contribution in [3.8, 4) is 40.0 Å². The van der Waals surface area contributed by atoms with E-state index in [-0.39, 0.29) is 54.1 Å². The average Bonchev–Trinajstić information content (AvgIpc) is 3.95. The molecule has 3 aromatic heterocycles. The summed E-state index contributed by atoms with van der Waals surface area (Å²) >= 11 is 0. The molecule has 0 bridgehead atoms. The van der Waals surface area contributed by atoms with Crippen LogP contribution < -0.4 is 16.6 Å². The molecule has 0 spiro atoms. The molecule has 5 N–H and O–H groups in total. The van der Waals surface area contributed by atoms with E-state index in [4.69, 9.17) is 14.5 Å². The van der Waals surface area contributed by atoms with Crippen LogP contribution in [0.5, 0.6) is 11.5 Å². The summed E-state index contributed by atoms with van der Waals surface area (Å²) in [6, 6.07) is 21.5. The second-order valence-electron chi connectivity index (χ2n) is 19.9. The van der Waals surface area contributed by atoms with Crippen LogP contribution in [0.25, 0.3) is 39.4 Å². The molecule has 1 aliphatic carbocycles. The number of likely N-dealkylation sites (tertiary alicyclic amines) is 1. The van der Waals surface area contributed by atoms with Gasteiger partial charge in [0.05, 0.1) is 46.3 Å². The second kappa shape index (κ2) is 18.4. The van der Waals surface area contributed by atoms with Gasteiger partial charge in [-0.25, -0.2) is 33.4 Å². The number of piperidine rings is 1. The van der Waals surface area contributed by atoms with Crippen LogP contribution in [0.2, 0.25) is 0 Å². The summed E-state index contributed by atoms with van der Waals surface area (Å²) in [4.78, 5) is 62.8. The minimum absolute atomic E-state index is 0.00328. The van der Waals surface area contributed by atoms with Gasteiger partial charge in [0, 0.05) is 61.4 Å². The van der Waals surface area contributed by atoms with E-state index in [0.29, 0.717) is 71.5 Å². The van der Waals surface area contributed by atoms with E-state index in [0.717, 1.165) is 59.4 Å². The first-order valence-corrected chi connectivity index (χ1v) is 24.7. The third-order valence-corrected chi connectivity index (χ3v) is 15.2. The molecule has 2 unspecified atom stereocenters. The van der Waals surface area contributed by atoms with Gasteiger partial charge in [0.25, 0.3) is 5.56 Å². The number of ether oxygens (including phenoxy) is 2. The molecule has 18 heteroatoms. The van der Waals surface area contributed by atoms with E-state index < -0.39 is 40.8 Å². The van der Waals surface area contributed by atoms with Gasteiger partial charge in [-0.2, -0.15) is 5.10 Å². The number of benzene rings is 4. The lowest BCUT2D eigenvalue weighted by Gasteiger charge is -2.33. The number of aryl methyl sites for hydroxylation is 2. The molecule has 3 aliphatic heterocycles. The number of fused-ring (bicyclic) bond motifs is 5. The maximum Gasteiger partial charge on any atom is 0.407 e. The number of hydrogen-bond acceptors (Lipinski definition) is 13. The normalized spacial score (nSPS) is 18.4. The summed E-state index contributed by atoms with van der Waals surface area (Å²) in [5.74, 6) is -1.21. The summed E-state index contributed by atoms with van der Waals surface area (Å²) < 4.78 is 29.7. The number of pyridine rings is 2. The molecule has 17 nitrogen and oxygen atoms in total. The highest BCUT2D eigenvalue weighted by Gasteiger charge is 2.46. The number of aliphatic hydroxyl groups is 1. The van der Waals surface area contributed by atoms with Crippen molar-refractivity contribution in [2.45, 2.75) is 103 Å². The van der Waals surface area contributed by atoms with Crippen molar-refractivity contribution in [1.29, 1.82) is 0 Å². The molecule has 6 heterocycles. The van der Waals surface area contributed by atoms with Crippen LogP contribution in [-0.2, 0) is 59.1 Å². The predicted octanol–water partition coefficient (Wildman–Crippen LogP) is 6.80. The summed E-state index contributed by atoms with van der Waals surface area (Å²) in [7, 11) is 2.05. The minimum atomic E-state index is -1.99. The molecule has 376 valence electrons. The van der Waals surface area contributed by atoms with E-state index in [1.807, 2.05) is 31.3 Å². The Morgan fingerprint density at radius 3 is 2.34 bits per heavy atom. The van der Waals surface area contributed by atoms with Gasteiger partial charge in [0.15, 0.2) is 11.4 Å². The number of carbonyl (C=O) groups is 2. The number of phenols is 2. The minimum Gasteiger partial charge on any atom is -0.508 e. The van der Waals surface area contributed by atoms with Crippen LogP contribution in [-0.4, -0.2) is 87.7 Å². The zero-order valence-corrected chi connectivity index (χ0v) is 40.9. The highest BCUT2D eigenvalue weighted by atomic mass is 19.1. The fourth-order valence-electron chi connectivity index (χ4n) is 11.2. The van der Waals surface area contributed by atoms with Crippen LogP contribution >= 0.6 is 0 Å². The lowest BCUT2D eigenvalue weighted by Crippen LogP contribution is -2.44. The number of rotatable bonds is 11. The lowest BCUT2D eigenvalue weighted by atomic mass is 9.81. The molecular formula is C55H55FN8O9. The van der Waals surface area contributed by atoms with Gasteiger partial charge in [-0.1, -0.05) is 43.3 Å². The second-order valence-corrected chi connectivity index (χ2v) is 19.9. The van der Waals surface area contributed by atoms with Crippen molar-refractivity contribution in [2.75, 3.05) is 20.1 Å². The molecule has 0 saturated carbocycles. The molecule has 11 rings (SSSR count). The Bertz CT molecular complexity index is 3510. The molecule has 0 radical (unpaired) electrons. The zero-order chi connectivity index (χ0) is 51.0. The van der Waals surface area contributed by atoms with Gasteiger partial charge in [-0.05, 0) is 116 Å². The van der Waals surface area contributed by atoms with Crippen molar-refractivity contribution >= 4 is 23.0 Å². The third-order valence-electron chi connectivity index (χ3n) is 15.2. The van der Waals surface area contributed by atoms with Gasteiger partial charge in [-0.15, -0.1) is 0 Å². The highest BCUT2D eigenvalue weighted by Crippen LogP contribution is 2.46. The van der Waals surface area contributed by atoms with Crippen LogP contribution in [0.4, 0.5) is 9.18 Å². The van der Waals surface area contributed by atoms with E-state index >= 15 is 4.39 Å². The Morgan fingerprint density at radius 1 is 0.932 bits per heavy atom. The SMILES string of the molecule is CCC1(O)C(=O)OCc2c1cc1n(c2=O)Cc2c-1nc1cc(F)c(C)c3c1c2C(NC(=O)OC1CCN(Cc2ccc(CN(C)Cc4ccc(-n5c(-c6cc(C)c(O)cc6O)n[nH]c5=O)cc4)cc2)CC1)CC3. The first-order chi connectivity index (χ1) is 35.1. The summed E-state index contributed by atoms with van der Waals surface area (Å²) in [6.45, 7) is 8.62. The summed E-state index contributed by atoms with van der Waals surface area (Å²) in [6.07, 6.45) is 1.49. The van der Waals surface area contributed by atoms with E-state index in [1.165, 1.54) is 22.3 Å². The molecule has 7 aromatic rings. The smallest absolute Gasteiger partial charge is 0.407 e. The molecule has 1 fully saturated rings. The molecule has 2 atom stereocenters. The molecule has 1 saturated heterocycles. The Kier molecular flexibility index (Phi) is 12.0. The van der Waals surface area contributed by atoms with E-state index in [9.17, 15) is 34.5 Å². The van der Waals surface area contributed by atoms with Crippen molar-refractivity contribution in [3.05, 3.63) is 155 Å². The molecule has 4 aliphatic rings. The number of aromatic hydroxyl groups is 2. The summed E-state index contributed by atoms with van der Waals surface area (Å²) in [5.41, 5.74) is 6.47. The number of hydrogen-bond donors (Lipinski definition) is 5. The molecular weight excluding hydrogens is 936 g/mol. The first kappa shape index (κ1) is 47.6. The molecule has 1 amide bonds. The number of cyclic esters (lactones) is 1. The average molecular weight is 991 g/mol. The number of amides is 1. The first-order valence-electron chi connectivity index (χ1n) is 24.7. The van der Waals surface area contributed by atoms with Crippen LogP contribution in [0.3, 0.4) is 0 Å². The van der Waals surface area contributed by atoms with E-state index in [1.54, 1.807) is 37.5 Å². The number of alkyl carbamates (subject to hydrolysis) is 1. The fourth-order valence-corrected chi connectivity index (χ4v) is 11.2. The van der Waals surface area contributed by atoms with Crippen molar-refractivity contribution in [3.63, 3.8) is 0 Å². The summed E-state index contributed by atoms with van der Waals surface area (Å²) in [5, 5.41) is 42.4. The van der Waals surface area contributed by atoms with Gasteiger partial charge in [0.2, 0.25) is 0 Å². The number of phenolic OH excluding ortho intramolecular Hbond substituents is 2. The maximum atomic E-state index is 15.4. The number of carbonyl (C=O) groups excluding carboxylic acids is 2. The third kappa shape index (κ3) is 8.42. The number of H-pyrrole nitrogens is 1. The van der Waals surface area contributed by atoms with Crippen molar-refractivity contribution < 1.29 is 38.8 Å². The monoisotopic (exact) mass is 990 g/mol. The number of nitrogens with one attached hydrogen (secondary N) is 2. The number of esters is 1. The quantitative estimate of drug-likeness (QED) is 0.0844. The fraction of sp³-hybridized carbons (Fsp3) is 0.345. The Balaban J connectivity index is 0.703. The number of aromatic amines is 1. The van der Waals surface area contributed by atoms with Crippen LogP contribution in [0, 0.1) is 19.7 Å². The standard InChI is InChI=1S/C55H55FN8O9/c1-5-55(71)40-21-44-49-38(27-63(44)51(67)39(40)28-72-52(55)68)48-42(15-14-36-30(3)41(56)22-43(57-49)47(36)48)58-54(70)73-35-16-18-62(19-17-35)26-33-8-6-31(7-9-33)24-61(4)25-32-10-12-34(13-11-32)64-50(59-60-53(64)69)37-20-29(2)45(65)23-46(37)66/h6-13,20-23,35,42,65-66,71H,5,14-19,24-28H2,1-4H3,(H,58,70)(H,60,69). The Morgan fingerprint density at radius 2 is 1.63 bits per heavy atom.